The largest absolute Gasteiger partial charge is 0.472 e. The summed E-state index contributed by atoms with van der Waals surface area (Å²) < 4.78 is 14.3. The molecule has 0 spiro atoms. The molecule has 0 N–H and O–H groups in total. The van der Waals surface area contributed by atoms with Crippen LogP contribution in [0.15, 0.2) is 67.3 Å². The van der Waals surface area contributed by atoms with E-state index in [2.05, 4.69) is 68.8 Å². The molecule has 2 aliphatic rings. The van der Waals surface area contributed by atoms with Gasteiger partial charge in [0, 0.05) is 52.0 Å². The van der Waals surface area contributed by atoms with Crippen LogP contribution in [0.5, 0.6) is 5.88 Å². The van der Waals surface area contributed by atoms with Crippen molar-refractivity contribution in [2.24, 2.45) is 0 Å². The number of hydrogen-bond donors (Lipinski definition) is 0. The summed E-state index contributed by atoms with van der Waals surface area (Å²) in [4.78, 5) is 23.0. The Kier molecular flexibility index (Phi) is 7.48. The number of aryl methyl sites for hydroxylation is 1. The van der Waals surface area contributed by atoms with Crippen molar-refractivity contribution in [3.63, 3.8) is 0 Å². The van der Waals surface area contributed by atoms with Crippen molar-refractivity contribution >= 4 is 22.4 Å². The third kappa shape index (κ3) is 5.88. The van der Waals surface area contributed by atoms with Crippen LogP contribution in [-0.4, -0.2) is 55.2 Å². The average molecular weight is 567 g/mol. The Labute approximate surface area is 244 Å². The Hall–Kier alpha value is -3.66. The van der Waals surface area contributed by atoms with Crippen LogP contribution in [0.1, 0.15) is 47.1 Å². The molecular weight excluding hydrogens is 532 g/mol. The molecule has 2 saturated heterocycles. The van der Waals surface area contributed by atoms with Crippen LogP contribution in [0.3, 0.4) is 0 Å². The number of rotatable bonds is 9. The summed E-state index contributed by atoms with van der Waals surface area (Å²) in [5.41, 5.74) is 5.71. The fourth-order valence-electron chi connectivity index (χ4n) is 5.75. The molecular formula is C32H34N6O2S. The number of aromatic nitrogens is 5. The molecule has 0 aliphatic carbocycles. The topological polar surface area (TPSA) is 78.2 Å². The van der Waals surface area contributed by atoms with Crippen molar-refractivity contribution in [1.29, 1.82) is 0 Å². The third-order valence-corrected chi connectivity index (χ3v) is 9.26. The molecule has 1 atom stereocenters. The lowest BCUT2D eigenvalue weighted by Gasteiger charge is -2.32. The van der Waals surface area contributed by atoms with Gasteiger partial charge in [-0.25, -0.2) is 19.9 Å². The highest BCUT2D eigenvalue weighted by atomic mass is 32.1. The minimum absolute atomic E-state index is 0.304. The van der Waals surface area contributed by atoms with E-state index in [4.69, 9.17) is 19.4 Å². The molecule has 7 rings (SSSR count). The number of piperidine rings is 1. The minimum Gasteiger partial charge on any atom is -0.472 e. The van der Waals surface area contributed by atoms with Crippen molar-refractivity contribution in [3.8, 4) is 16.3 Å². The number of pyridine rings is 1. The number of likely N-dealkylation sites (tertiary alicyclic amines) is 1. The first kappa shape index (κ1) is 26.3. The lowest BCUT2D eigenvalue weighted by atomic mass is 9.93. The standard InChI is InChI=1S/C32H34N6O2S/c1-22-5-7-28-29(15-22)38(18-25-11-14-39-25)31(35-28)19-37-12-9-23(10-13-37)27-3-2-4-32(36-27)40-20-26-6-8-30(41-26)24-16-33-21-34-17-24/h2-8,15-17,21,23,25H,9-14,18-20H2,1H3/t25-/m0/s1. The lowest BCUT2D eigenvalue weighted by Crippen LogP contribution is -2.35. The summed E-state index contributed by atoms with van der Waals surface area (Å²) in [5.74, 6) is 2.26. The van der Waals surface area contributed by atoms with E-state index in [0.717, 1.165) is 84.4 Å². The fraction of sp³-hybridized carbons (Fsp3) is 0.375. The first-order chi connectivity index (χ1) is 20.2. The van der Waals surface area contributed by atoms with E-state index in [-0.39, 0.29) is 0 Å². The number of fused-ring (bicyclic) bond motifs is 1. The van der Waals surface area contributed by atoms with Crippen molar-refractivity contribution in [2.75, 3.05) is 19.7 Å². The highest BCUT2D eigenvalue weighted by molar-refractivity contribution is 7.15. The molecule has 1 aromatic carbocycles. The van der Waals surface area contributed by atoms with Crippen LogP contribution in [0.4, 0.5) is 0 Å². The van der Waals surface area contributed by atoms with Crippen LogP contribution in [0, 0.1) is 6.92 Å². The molecule has 0 unspecified atom stereocenters. The van der Waals surface area contributed by atoms with Gasteiger partial charge < -0.3 is 14.0 Å². The summed E-state index contributed by atoms with van der Waals surface area (Å²) in [6.45, 7) is 7.33. The molecule has 0 radical (unpaired) electrons. The van der Waals surface area contributed by atoms with Crippen molar-refractivity contribution in [1.82, 2.24) is 29.4 Å². The lowest BCUT2D eigenvalue weighted by molar-refractivity contribution is -0.0592. The summed E-state index contributed by atoms with van der Waals surface area (Å²) in [6.07, 6.45) is 8.81. The molecule has 41 heavy (non-hydrogen) atoms. The average Bonchev–Trinajstić information content (AvgIpc) is 3.59. The van der Waals surface area contributed by atoms with Crippen LogP contribution in [0.2, 0.25) is 0 Å². The zero-order valence-electron chi connectivity index (χ0n) is 23.3. The summed E-state index contributed by atoms with van der Waals surface area (Å²) >= 11 is 1.70. The third-order valence-electron chi connectivity index (χ3n) is 8.15. The quantitative estimate of drug-likeness (QED) is 0.216. The first-order valence-corrected chi connectivity index (χ1v) is 15.2. The predicted octanol–water partition coefficient (Wildman–Crippen LogP) is 6.01. The van der Waals surface area contributed by atoms with Gasteiger partial charge in [-0.2, -0.15) is 0 Å². The molecule has 6 heterocycles. The summed E-state index contributed by atoms with van der Waals surface area (Å²) in [7, 11) is 0. The van der Waals surface area contributed by atoms with Gasteiger partial charge in [0.1, 0.15) is 18.8 Å². The van der Waals surface area contributed by atoms with Gasteiger partial charge in [0.15, 0.2) is 0 Å². The SMILES string of the molecule is Cc1ccc2nc(CN3CCC(c4cccc(OCc5ccc(-c6cncnc6)s5)n4)CC3)n(C[C@@H]3CCO3)c2c1. The Balaban J connectivity index is 0.970. The van der Waals surface area contributed by atoms with E-state index < -0.39 is 0 Å². The van der Waals surface area contributed by atoms with Gasteiger partial charge in [-0.3, -0.25) is 4.90 Å². The maximum absolute atomic E-state index is 6.11. The monoisotopic (exact) mass is 566 g/mol. The van der Waals surface area contributed by atoms with Crippen LogP contribution >= 0.6 is 11.3 Å². The molecule has 210 valence electrons. The zero-order valence-corrected chi connectivity index (χ0v) is 24.1. The molecule has 2 aliphatic heterocycles. The summed E-state index contributed by atoms with van der Waals surface area (Å²) in [5, 5.41) is 0. The molecule has 0 bridgehead atoms. The molecule has 5 aromatic rings. The second-order valence-corrected chi connectivity index (χ2v) is 12.2. The van der Waals surface area contributed by atoms with Crippen LogP contribution in [0.25, 0.3) is 21.5 Å². The molecule has 9 heteroatoms. The molecule has 2 fully saturated rings. The van der Waals surface area contributed by atoms with Crippen LogP contribution < -0.4 is 4.74 Å². The van der Waals surface area contributed by atoms with E-state index in [0.29, 0.717) is 24.5 Å². The number of imidazole rings is 1. The maximum atomic E-state index is 6.11. The second kappa shape index (κ2) is 11.7. The Morgan fingerprint density at radius 1 is 1.00 bits per heavy atom. The van der Waals surface area contributed by atoms with Crippen molar-refractivity contribution < 1.29 is 9.47 Å². The van der Waals surface area contributed by atoms with E-state index >= 15 is 0 Å². The number of thiophene rings is 1. The first-order valence-electron chi connectivity index (χ1n) is 14.4. The number of hydrogen-bond acceptors (Lipinski definition) is 8. The molecule has 0 amide bonds. The number of benzene rings is 1. The van der Waals surface area contributed by atoms with Crippen molar-refractivity contribution in [3.05, 3.63) is 89.2 Å². The van der Waals surface area contributed by atoms with Gasteiger partial charge >= 0.3 is 0 Å². The van der Waals surface area contributed by atoms with Gasteiger partial charge in [0.2, 0.25) is 5.88 Å². The molecule has 4 aromatic heterocycles. The highest BCUT2D eigenvalue weighted by Crippen LogP contribution is 2.31. The second-order valence-electron chi connectivity index (χ2n) is 11.0. The molecule has 8 nitrogen and oxygen atoms in total. The van der Waals surface area contributed by atoms with E-state index in [9.17, 15) is 0 Å². The van der Waals surface area contributed by atoms with Crippen molar-refractivity contribution in [2.45, 2.75) is 57.9 Å². The number of ether oxygens (including phenoxy) is 2. The van der Waals surface area contributed by atoms with Gasteiger partial charge in [-0.05, 0) is 75.2 Å². The Morgan fingerprint density at radius 3 is 2.66 bits per heavy atom. The van der Waals surface area contributed by atoms with Gasteiger partial charge in [-0.15, -0.1) is 11.3 Å². The van der Waals surface area contributed by atoms with Gasteiger partial charge in [0.25, 0.3) is 0 Å². The minimum atomic E-state index is 0.304. The van der Waals surface area contributed by atoms with Gasteiger partial charge in [0.05, 0.1) is 30.2 Å². The number of nitrogens with zero attached hydrogens (tertiary/aromatic N) is 6. The van der Waals surface area contributed by atoms with E-state index in [1.54, 1.807) is 17.7 Å². The van der Waals surface area contributed by atoms with Gasteiger partial charge in [-0.1, -0.05) is 12.1 Å². The Morgan fingerprint density at radius 2 is 1.85 bits per heavy atom. The smallest absolute Gasteiger partial charge is 0.213 e. The normalized spacial score (nSPS) is 18.0. The van der Waals surface area contributed by atoms with E-state index in [1.807, 2.05) is 18.5 Å². The molecule has 0 saturated carbocycles. The Bertz CT molecular complexity index is 1620. The van der Waals surface area contributed by atoms with E-state index in [1.165, 1.54) is 11.1 Å². The highest BCUT2D eigenvalue weighted by Gasteiger charge is 2.26. The van der Waals surface area contributed by atoms with Crippen LogP contribution in [-0.2, 0) is 24.4 Å². The predicted molar refractivity (Wildman–Crippen MR) is 160 cm³/mol. The zero-order chi connectivity index (χ0) is 27.6. The summed E-state index contributed by atoms with van der Waals surface area (Å²) in [6, 6.07) is 16.9. The fourth-order valence-corrected chi connectivity index (χ4v) is 6.64. The maximum Gasteiger partial charge on any atom is 0.213 e.